The van der Waals surface area contributed by atoms with Gasteiger partial charge >= 0.3 is 5.97 Å². The zero-order valence-corrected chi connectivity index (χ0v) is 18.9. The zero-order valence-electron chi connectivity index (χ0n) is 17.3. The standard InChI is InChI=1S/C21H23N3O6S2/c22-19(26)18-15-4-1-2-5-16(15)31-20(18)23-17(25)12-30-21(27)13-6-8-14(9-7-13)24-10-3-11-32(24,28)29/h6-9H,1-5,10-12H2,(H2,22,26)(H,23,25). The van der Waals surface area contributed by atoms with E-state index in [1.165, 1.54) is 39.9 Å². The molecule has 1 aromatic heterocycles. The maximum absolute atomic E-state index is 12.3. The second kappa shape index (κ2) is 8.91. The number of benzene rings is 1. The van der Waals surface area contributed by atoms with Gasteiger partial charge < -0.3 is 15.8 Å². The molecule has 4 rings (SSSR count). The van der Waals surface area contributed by atoms with Crippen LogP contribution in [0, 0.1) is 0 Å². The molecule has 1 aliphatic carbocycles. The maximum Gasteiger partial charge on any atom is 0.338 e. The Morgan fingerprint density at radius 1 is 1.09 bits per heavy atom. The quantitative estimate of drug-likeness (QED) is 0.611. The Bertz CT molecular complexity index is 1170. The van der Waals surface area contributed by atoms with Crippen LogP contribution in [0.5, 0.6) is 0 Å². The van der Waals surface area contributed by atoms with E-state index in [-0.39, 0.29) is 11.3 Å². The second-order valence-corrected chi connectivity index (χ2v) is 10.8. The number of nitrogens with one attached hydrogen (secondary N) is 1. The predicted molar refractivity (Wildman–Crippen MR) is 121 cm³/mol. The Labute approximate surface area is 189 Å². The van der Waals surface area contributed by atoms with Crippen LogP contribution >= 0.6 is 11.3 Å². The van der Waals surface area contributed by atoms with Crippen LogP contribution in [0.1, 0.15) is 50.4 Å². The van der Waals surface area contributed by atoms with E-state index < -0.39 is 34.4 Å². The fourth-order valence-electron chi connectivity index (χ4n) is 3.99. The number of nitrogens with two attached hydrogens (primary N) is 1. The first-order valence-corrected chi connectivity index (χ1v) is 12.7. The number of ether oxygens (including phenoxy) is 1. The van der Waals surface area contributed by atoms with E-state index in [2.05, 4.69) is 5.32 Å². The molecule has 0 bridgehead atoms. The number of amides is 2. The van der Waals surface area contributed by atoms with Crippen molar-refractivity contribution < 1.29 is 27.5 Å². The van der Waals surface area contributed by atoms with Gasteiger partial charge in [0.15, 0.2) is 6.61 Å². The molecule has 0 spiro atoms. The van der Waals surface area contributed by atoms with Gasteiger partial charge in [-0.3, -0.25) is 13.9 Å². The number of thiophene rings is 1. The van der Waals surface area contributed by atoms with Gasteiger partial charge in [-0.1, -0.05) is 0 Å². The summed E-state index contributed by atoms with van der Waals surface area (Å²) >= 11 is 1.34. The molecule has 1 saturated heterocycles. The summed E-state index contributed by atoms with van der Waals surface area (Å²) in [6, 6.07) is 5.99. The lowest BCUT2D eigenvalue weighted by atomic mass is 9.95. The number of sulfonamides is 1. The molecule has 11 heteroatoms. The number of rotatable bonds is 6. The first-order chi connectivity index (χ1) is 15.3. The minimum Gasteiger partial charge on any atom is -0.452 e. The Balaban J connectivity index is 1.37. The minimum atomic E-state index is -3.30. The highest BCUT2D eigenvalue weighted by atomic mass is 32.2. The number of nitrogens with zero attached hydrogens (tertiary/aromatic N) is 1. The van der Waals surface area contributed by atoms with Crippen LogP contribution < -0.4 is 15.4 Å². The number of primary amides is 1. The van der Waals surface area contributed by atoms with Crippen molar-refractivity contribution in [3.63, 3.8) is 0 Å². The maximum atomic E-state index is 12.3. The molecule has 0 atom stereocenters. The SMILES string of the molecule is NC(=O)c1c(NC(=O)COC(=O)c2ccc(N3CCCS3(=O)=O)cc2)sc2c1CCCC2. The largest absolute Gasteiger partial charge is 0.452 e. The number of anilines is 2. The molecule has 2 heterocycles. The Kier molecular flexibility index (Phi) is 6.20. The zero-order chi connectivity index (χ0) is 22.9. The minimum absolute atomic E-state index is 0.108. The summed E-state index contributed by atoms with van der Waals surface area (Å²) in [5.74, 6) is -1.76. The lowest BCUT2D eigenvalue weighted by molar-refractivity contribution is -0.119. The molecule has 2 aromatic rings. The smallest absolute Gasteiger partial charge is 0.338 e. The summed E-state index contributed by atoms with van der Waals surface area (Å²) in [5.41, 5.74) is 7.45. The van der Waals surface area contributed by atoms with Crippen molar-refractivity contribution >= 4 is 49.8 Å². The number of fused-ring (bicyclic) bond motifs is 1. The molecular weight excluding hydrogens is 454 g/mol. The van der Waals surface area contributed by atoms with Crippen molar-refractivity contribution in [3.8, 4) is 0 Å². The van der Waals surface area contributed by atoms with Crippen LogP contribution in [0.4, 0.5) is 10.7 Å². The summed E-state index contributed by atoms with van der Waals surface area (Å²) < 4.78 is 30.4. The van der Waals surface area contributed by atoms with Gasteiger partial charge in [0.2, 0.25) is 10.0 Å². The van der Waals surface area contributed by atoms with E-state index >= 15 is 0 Å². The number of carbonyl (C=O) groups is 3. The Morgan fingerprint density at radius 3 is 2.47 bits per heavy atom. The van der Waals surface area contributed by atoms with E-state index in [1.54, 1.807) is 0 Å². The first-order valence-electron chi connectivity index (χ1n) is 10.3. The van der Waals surface area contributed by atoms with Crippen molar-refractivity contribution in [2.75, 3.05) is 28.5 Å². The average Bonchev–Trinajstić information content (AvgIpc) is 3.30. The van der Waals surface area contributed by atoms with Crippen LogP contribution in [-0.2, 0) is 32.4 Å². The summed E-state index contributed by atoms with van der Waals surface area (Å²) in [4.78, 5) is 37.6. The van der Waals surface area contributed by atoms with Crippen molar-refractivity contribution in [1.82, 2.24) is 0 Å². The molecule has 1 fully saturated rings. The highest BCUT2D eigenvalue weighted by Gasteiger charge is 2.28. The number of carbonyl (C=O) groups excluding carboxylic acids is 3. The lowest BCUT2D eigenvalue weighted by Crippen LogP contribution is -2.25. The Morgan fingerprint density at radius 2 is 1.81 bits per heavy atom. The van der Waals surface area contributed by atoms with Gasteiger partial charge in [0, 0.05) is 11.4 Å². The van der Waals surface area contributed by atoms with E-state index in [9.17, 15) is 22.8 Å². The molecule has 0 saturated carbocycles. The summed E-state index contributed by atoms with van der Waals surface area (Å²) in [5, 5.41) is 3.03. The second-order valence-electron chi connectivity index (χ2n) is 7.69. The van der Waals surface area contributed by atoms with Crippen molar-refractivity contribution in [2.45, 2.75) is 32.1 Å². The van der Waals surface area contributed by atoms with Crippen molar-refractivity contribution in [1.29, 1.82) is 0 Å². The normalized spacial score (nSPS) is 16.9. The summed E-state index contributed by atoms with van der Waals surface area (Å²) in [6.07, 6.45) is 4.16. The third-order valence-corrected chi connectivity index (χ3v) is 8.57. The van der Waals surface area contributed by atoms with E-state index in [0.717, 1.165) is 36.1 Å². The highest BCUT2D eigenvalue weighted by molar-refractivity contribution is 7.93. The fourth-order valence-corrected chi connectivity index (χ4v) is 6.86. The molecule has 2 amide bonds. The van der Waals surface area contributed by atoms with Crippen LogP contribution in [0.25, 0.3) is 0 Å². The van der Waals surface area contributed by atoms with Gasteiger partial charge in [0.05, 0.1) is 22.6 Å². The summed E-state index contributed by atoms with van der Waals surface area (Å²) in [6.45, 7) is -0.117. The van der Waals surface area contributed by atoms with Crippen LogP contribution in [-0.4, -0.2) is 45.1 Å². The average molecular weight is 478 g/mol. The molecule has 2 aliphatic rings. The van der Waals surface area contributed by atoms with Crippen LogP contribution in [0.15, 0.2) is 24.3 Å². The third-order valence-electron chi connectivity index (χ3n) is 5.50. The van der Waals surface area contributed by atoms with Gasteiger partial charge in [-0.05, 0) is 61.9 Å². The molecule has 0 unspecified atom stereocenters. The molecule has 0 radical (unpaired) electrons. The predicted octanol–water partition coefficient (Wildman–Crippen LogP) is 2.06. The van der Waals surface area contributed by atoms with E-state index in [4.69, 9.17) is 10.5 Å². The van der Waals surface area contributed by atoms with Crippen LogP contribution in [0.2, 0.25) is 0 Å². The van der Waals surface area contributed by atoms with E-state index in [0.29, 0.717) is 29.2 Å². The molecule has 3 N–H and O–H groups in total. The Hall–Kier alpha value is -2.92. The highest BCUT2D eigenvalue weighted by Crippen LogP contribution is 2.37. The van der Waals surface area contributed by atoms with Gasteiger partial charge in [0.1, 0.15) is 5.00 Å². The molecular formula is C21H23N3O6S2. The number of esters is 1. The van der Waals surface area contributed by atoms with Gasteiger partial charge in [-0.25, -0.2) is 13.2 Å². The van der Waals surface area contributed by atoms with Crippen molar-refractivity contribution in [2.24, 2.45) is 5.73 Å². The third kappa shape index (κ3) is 4.49. The number of aryl methyl sites for hydroxylation is 1. The van der Waals surface area contributed by atoms with Gasteiger partial charge in [-0.2, -0.15) is 0 Å². The molecule has 32 heavy (non-hydrogen) atoms. The molecule has 1 aromatic carbocycles. The number of hydrogen-bond acceptors (Lipinski definition) is 7. The van der Waals surface area contributed by atoms with Gasteiger partial charge in [0.25, 0.3) is 11.8 Å². The van der Waals surface area contributed by atoms with Gasteiger partial charge in [-0.15, -0.1) is 11.3 Å². The first kappa shape index (κ1) is 22.3. The summed E-state index contributed by atoms with van der Waals surface area (Å²) in [7, 11) is -3.30. The molecule has 170 valence electrons. The number of hydrogen-bond donors (Lipinski definition) is 2. The lowest BCUT2D eigenvalue weighted by Gasteiger charge is -2.16. The van der Waals surface area contributed by atoms with Crippen LogP contribution in [0.3, 0.4) is 0 Å². The van der Waals surface area contributed by atoms with Crippen molar-refractivity contribution in [3.05, 3.63) is 45.8 Å². The molecule has 1 aliphatic heterocycles. The topological polar surface area (TPSA) is 136 Å². The molecule has 9 nitrogen and oxygen atoms in total. The van der Waals surface area contributed by atoms with E-state index in [1.807, 2.05) is 0 Å². The fraction of sp³-hybridized carbons (Fsp3) is 0.381. The monoisotopic (exact) mass is 477 g/mol.